The van der Waals surface area contributed by atoms with Crippen LogP contribution < -0.4 is 0 Å². The van der Waals surface area contributed by atoms with E-state index in [0.717, 1.165) is 0 Å². The molecule has 0 fully saturated rings. The number of hydrogen-bond donors (Lipinski definition) is 1. The maximum Gasteiger partial charge on any atom is 0.342 e. The van der Waals surface area contributed by atoms with E-state index in [1.807, 2.05) is 6.92 Å². The minimum absolute atomic E-state index is 0.191. The van der Waals surface area contributed by atoms with Gasteiger partial charge in [-0.15, -0.1) is 0 Å². The van der Waals surface area contributed by atoms with E-state index in [0.29, 0.717) is 28.1 Å². The summed E-state index contributed by atoms with van der Waals surface area (Å²) in [7, 11) is 0. The third-order valence-electron chi connectivity index (χ3n) is 3.83. The van der Waals surface area contributed by atoms with Gasteiger partial charge in [-0.05, 0) is 42.7 Å². The summed E-state index contributed by atoms with van der Waals surface area (Å²) >= 11 is 5.92. The quantitative estimate of drug-likeness (QED) is 0.768. The summed E-state index contributed by atoms with van der Waals surface area (Å²) < 4.78 is 19.0. The Kier molecular flexibility index (Phi) is 5.97. The molecular weight excluding hydrogens is 331 g/mol. The number of carbonyl (C=O) groups is 1. The van der Waals surface area contributed by atoms with Crippen molar-refractivity contribution in [3.63, 3.8) is 0 Å². The van der Waals surface area contributed by atoms with Crippen LogP contribution in [0.1, 0.15) is 32.3 Å². The molecule has 1 N–H and O–H groups in total. The van der Waals surface area contributed by atoms with E-state index in [9.17, 15) is 14.3 Å². The molecule has 2 rings (SSSR count). The fraction of sp³-hybridized carbons (Fsp3) is 0.316. The van der Waals surface area contributed by atoms with Crippen molar-refractivity contribution in [3.05, 3.63) is 58.9 Å². The van der Waals surface area contributed by atoms with Crippen LogP contribution in [0.15, 0.2) is 42.5 Å². The maximum absolute atomic E-state index is 14.0. The minimum Gasteiger partial charge on any atom is -0.464 e. The lowest BCUT2D eigenvalue weighted by molar-refractivity contribution is -0.167. The van der Waals surface area contributed by atoms with Gasteiger partial charge in [0.2, 0.25) is 0 Å². The van der Waals surface area contributed by atoms with Crippen LogP contribution in [0.5, 0.6) is 0 Å². The van der Waals surface area contributed by atoms with Crippen molar-refractivity contribution in [2.45, 2.75) is 32.3 Å². The van der Waals surface area contributed by atoms with E-state index >= 15 is 0 Å². The third-order valence-corrected chi connectivity index (χ3v) is 4.06. The molecule has 0 aliphatic rings. The van der Waals surface area contributed by atoms with Gasteiger partial charge in [-0.3, -0.25) is 0 Å². The number of ether oxygens (including phenoxy) is 1. The highest BCUT2D eigenvalue weighted by molar-refractivity contribution is 6.30. The van der Waals surface area contributed by atoms with E-state index in [4.69, 9.17) is 16.3 Å². The normalized spacial score (nSPS) is 13.4. The van der Waals surface area contributed by atoms with Gasteiger partial charge in [0.1, 0.15) is 5.82 Å². The number of carbonyl (C=O) groups excluding carboxylic acids is 1. The Morgan fingerprint density at radius 2 is 1.88 bits per heavy atom. The van der Waals surface area contributed by atoms with Gasteiger partial charge in [0.05, 0.1) is 6.61 Å². The second-order valence-corrected chi connectivity index (χ2v) is 5.97. The summed E-state index contributed by atoms with van der Waals surface area (Å²) in [6, 6.07) is 10.9. The molecule has 2 aromatic rings. The van der Waals surface area contributed by atoms with E-state index in [1.54, 1.807) is 31.2 Å². The Balaban J connectivity index is 2.39. The lowest BCUT2D eigenvalue weighted by Gasteiger charge is -2.26. The van der Waals surface area contributed by atoms with Gasteiger partial charge < -0.3 is 9.84 Å². The van der Waals surface area contributed by atoms with Gasteiger partial charge in [-0.2, -0.15) is 0 Å². The lowest BCUT2D eigenvalue weighted by atomic mass is 9.88. The molecule has 2 aromatic carbocycles. The zero-order valence-corrected chi connectivity index (χ0v) is 14.4. The van der Waals surface area contributed by atoms with E-state index in [-0.39, 0.29) is 18.8 Å². The molecular formula is C19H20ClFO3. The third kappa shape index (κ3) is 3.77. The van der Waals surface area contributed by atoms with Crippen LogP contribution in [0, 0.1) is 5.82 Å². The molecule has 0 aliphatic heterocycles. The molecule has 1 atom stereocenters. The maximum atomic E-state index is 14.0. The lowest BCUT2D eigenvalue weighted by Crippen LogP contribution is -2.37. The van der Waals surface area contributed by atoms with E-state index < -0.39 is 11.6 Å². The molecule has 5 heteroatoms. The fourth-order valence-corrected chi connectivity index (χ4v) is 2.79. The van der Waals surface area contributed by atoms with Gasteiger partial charge >= 0.3 is 5.97 Å². The Morgan fingerprint density at radius 1 is 1.21 bits per heavy atom. The van der Waals surface area contributed by atoms with Crippen molar-refractivity contribution >= 4 is 17.6 Å². The zero-order chi connectivity index (χ0) is 17.7. The zero-order valence-electron chi connectivity index (χ0n) is 13.7. The Morgan fingerprint density at radius 3 is 2.46 bits per heavy atom. The van der Waals surface area contributed by atoms with Crippen LogP contribution in [0.4, 0.5) is 4.39 Å². The predicted molar refractivity (Wildman–Crippen MR) is 92.3 cm³/mol. The van der Waals surface area contributed by atoms with E-state index in [2.05, 4.69) is 0 Å². The first-order valence-electron chi connectivity index (χ1n) is 7.88. The Labute approximate surface area is 146 Å². The first kappa shape index (κ1) is 18.4. The first-order valence-corrected chi connectivity index (χ1v) is 8.25. The molecule has 1 unspecified atom stereocenters. The monoisotopic (exact) mass is 350 g/mol. The largest absolute Gasteiger partial charge is 0.464 e. The summed E-state index contributed by atoms with van der Waals surface area (Å²) in [6.45, 7) is 3.76. The highest BCUT2D eigenvalue weighted by Gasteiger charge is 2.38. The molecule has 0 saturated carbocycles. The number of esters is 1. The molecule has 0 saturated heterocycles. The van der Waals surface area contributed by atoms with Crippen molar-refractivity contribution in [2.75, 3.05) is 6.61 Å². The van der Waals surface area contributed by atoms with Crippen molar-refractivity contribution in [1.29, 1.82) is 0 Å². The van der Waals surface area contributed by atoms with Crippen LogP contribution in [-0.2, 0) is 15.1 Å². The molecule has 0 radical (unpaired) electrons. The van der Waals surface area contributed by atoms with Gasteiger partial charge in [0.25, 0.3) is 0 Å². The van der Waals surface area contributed by atoms with Crippen LogP contribution in [0.3, 0.4) is 0 Å². The van der Waals surface area contributed by atoms with Crippen molar-refractivity contribution in [2.24, 2.45) is 0 Å². The predicted octanol–water partition coefficient (Wildman–Crippen LogP) is 4.70. The second kappa shape index (κ2) is 7.77. The molecule has 0 heterocycles. The smallest absolute Gasteiger partial charge is 0.342 e. The molecule has 0 spiro atoms. The average Bonchev–Trinajstić information content (AvgIpc) is 2.57. The highest BCUT2D eigenvalue weighted by atomic mass is 35.5. The minimum atomic E-state index is -1.70. The summed E-state index contributed by atoms with van der Waals surface area (Å²) in [6.07, 6.45) is 0.858. The number of rotatable bonds is 6. The number of aliphatic hydroxyl groups is 1. The number of benzene rings is 2. The highest BCUT2D eigenvalue weighted by Crippen LogP contribution is 2.32. The Hall–Kier alpha value is -1.91. The van der Waals surface area contributed by atoms with Crippen molar-refractivity contribution < 1.29 is 19.0 Å². The van der Waals surface area contributed by atoms with E-state index in [1.165, 1.54) is 18.2 Å². The summed E-state index contributed by atoms with van der Waals surface area (Å²) in [5, 5.41) is 11.2. The first-order chi connectivity index (χ1) is 11.4. The van der Waals surface area contributed by atoms with Crippen molar-refractivity contribution in [1.82, 2.24) is 0 Å². The standard InChI is InChI=1S/C19H20ClFO3/c1-3-11-19(23,18(22)24-4-2)14-7-5-13(6-8-14)16-12-15(20)9-10-17(16)21/h5-10,12,23H,3-4,11H2,1-2H3. The summed E-state index contributed by atoms with van der Waals surface area (Å²) in [5.74, 6) is -1.06. The van der Waals surface area contributed by atoms with Crippen LogP contribution in [0.25, 0.3) is 11.1 Å². The van der Waals surface area contributed by atoms with Gasteiger partial charge in [0.15, 0.2) is 5.60 Å². The SMILES string of the molecule is CCCC(O)(C(=O)OCC)c1ccc(-c2cc(Cl)ccc2F)cc1. The number of hydrogen-bond acceptors (Lipinski definition) is 3. The topological polar surface area (TPSA) is 46.5 Å². The number of halogens is 2. The van der Waals surface area contributed by atoms with Gasteiger partial charge in [-0.25, -0.2) is 9.18 Å². The molecule has 0 amide bonds. The summed E-state index contributed by atoms with van der Waals surface area (Å²) in [5.41, 5.74) is -0.296. The van der Waals surface area contributed by atoms with Gasteiger partial charge in [-0.1, -0.05) is 49.2 Å². The molecule has 0 aliphatic carbocycles. The molecule has 0 bridgehead atoms. The Bertz CT molecular complexity index is 715. The second-order valence-electron chi connectivity index (χ2n) is 5.53. The van der Waals surface area contributed by atoms with Crippen LogP contribution >= 0.6 is 11.6 Å². The van der Waals surface area contributed by atoms with Crippen molar-refractivity contribution in [3.8, 4) is 11.1 Å². The van der Waals surface area contributed by atoms with Crippen LogP contribution in [-0.4, -0.2) is 17.7 Å². The fourth-order valence-electron chi connectivity index (χ4n) is 2.62. The van der Waals surface area contributed by atoms with Crippen LogP contribution in [0.2, 0.25) is 5.02 Å². The molecule has 0 aromatic heterocycles. The molecule has 128 valence electrons. The summed E-state index contributed by atoms with van der Waals surface area (Å²) in [4.78, 5) is 12.2. The molecule has 24 heavy (non-hydrogen) atoms. The average molecular weight is 351 g/mol. The molecule has 3 nitrogen and oxygen atoms in total. The van der Waals surface area contributed by atoms with Gasteiger partial charge in [0, 0.05) is 10.6 Å².